The molecule has 2 aliphatic rings. The van der Waals surface area contributed by atoms with E-state index in [1.165, 1.54) is 32.1 Å². The molecule has 1 aliphatic heterocycles. The Balaban J connectivity index is 1.57. The predicted molar refractivity (Wildman–Crippen MR) is 99.3 cm³/mol. The van der Waals surface area contributed by atoms with Crippen LogP contribution >= 0.6 is 0 Å². The predicted octanol–water partition coefficient (Wildman–Crippen LogP) is 2.88. The minimum Gasteiger partial charge on any atom is -0.493 e. The second-order valence-corrected chi connectivity index (χ2v) is 9.30. The van der Waals surface area contributed by atoms with Gasteiger partial charge in [0.2, 0.25) is 10.0 Å². The summed E-state index contributed by atoms with van der Waals surface area (Å²) in [7, 11) is -1.49. The summed E-state index contributed by atoms with van der Waals surface area (Å²) in [5, 5.41) is 3.13. The van der Waals surface area contributed by atoms with Gasteiger partial charge in [-0.15, -0.1) is 0 Å². The van der Waals surface area contributed by atoms with E-state index < -0.39 is 10.0 Å². The Bertz CT molecular complexity index is 639. The van der Waals surface area contributed by atoms with Gasteiger partial charge in [-0.2, -0.15) is 4.31 Å². The number of nitrogens with one attached hydrogen (secondary N) is 1. The molecule has 2 fully saturated rings. The fourth-order valence-electron chi connectivity index (χ4n) is 3.90. The van der Waals surface area contributed by atoms with Crippen molar-refractivity contribution in [2.24, 2.45) is 11.8 Å². The van der Waals surface area contributed by atoms with E-state index in [1.807, 2.05) is 7.05 Å². The van der Waals surface area contributed by atoms with Crippen molar-refractivity contribution in [2.75, 3.05) is 33.3 Å². The number of benzene rings is 1. The first-order chi connectivity index (χ1) is 12.1. The van der Waals surface area contributed by atoms with Gasteiger partial charge < -0.3 is 10.1 Å². The molecule has 0 aromatic heterocycles. The lowest BCUT2D eigenvalue weighted by molar-refractivity contribution is 0.208. The van der Waals surface area contributed by atoms with Gasteiger partial charge in [-0.3, -0.25) is 0 Å². The van der Waals surface area contributed by atoms with E-state index in [1.54, 1.807) is 28.6 Å². The first kappa shape index (κ1) is 18.7. The number of hydrogen-bond acceptors (Lipinski definition) is 4. The van der Waals surface area contributed by atoms with Crippen molar-refractivity contribution < 1.29 is 13.2 Å². The molecule has 1 saturated carbocycles. The van der Waals surface area contributed by atoms with Crippen molar-refractivity contribution in [2.45, 2.75) is 43.4 Å². The minimum atomic E-state index is -3.39. The molecule has 1 atom stereocenters. The second-order valence-electron chi connectivity index (χ2n) is 7.36. The smallest absolute Gasteiger partial charge is 0.243 e. The zero-order valence-corrected chi connectivity index (χ0v) is 15.9. The summed E-state index contributed by atoms with van der Waals surface area (Å²) in [6.45, 7) is 2.81. The highest BCUT2D eigenvalue weighted by atomic mass is 32.2. The third-order valence-corrected chi connectivity index (χ3v) is 7.29. The molecular formula is C19H30N2O3S. The van der Waals surface area contributed by atoms with Crippen LogP contribution in [0.3, 0.4) is 0 Å². The van der Waals surface area contributed by atoms with E-state index in [0.717, 1.165) is 25.3 Å². The Kier molecular flexibility index (Phi) is 6.36. The topological polar surface area (TPSA) is 58.6 Å². The first-order valence-electron chi connectivity index (χ1n) is 9.47. The van der Waals surface area contributed by atoms with Crippen LogP contribution in [0.4, 0.5) is 0 Å². The first-order valence-corrected chi connectivity index (χ1v) is 10.9. The van der Waals surface area contributed by atoms with Crippen molar-refractivity contribution in [3.8, 4) is 5.75 Å². The van der Waals surface area contributed by atoms with Gasteiger partial charge in [-0.25, -0.2) is 8.42 Å². The molecule has 3 rings (SSSR count). The molecule has 1 saturated heterocycles. The van der Waals surface area contributed by atoms with Gasteiger partial charge in [0.25, 0.3) is 0 Å². The monoisotopic (exact) mass is 366 g/mol. The summed E-state index contributed by atoms with van der Waals surface area (Å²) in [5.41, 5.74) is 0. The van der Waals surface area contributed by atoms with Crippen LogP contribution in [0.15, 0.2) is 29.2 Å². The largest absolute Gasteiger partial charge is 0.493 e. The van der Waals surface area contributed by atoms with Crippen LogP contribution in [0.1, 0.15) is 38.5 Å². The molecule has 1 aliphatic carbocycles. The molecular weight excluding hydrogens is 336 g/mol. The van der Waals surface area contributed by atoms with Gasteiger partial charge in [0.1, 0.15) is 5.75 Å². The van der Waals surface area contributed by atoms with E-state index in [-0.39, 0.29) is 0 Å². The summed E-state index contributed by atoms with van der Waals surface area (Å²) < 4.78 is 33.0. The molecule has 0 amide bonds. The SMILES string of the molecule is CNCC1CCN(S(=O)(=O)c2ccc(OCC3CCCCC3)cc2)C1. The van der Waals surface area contributed by atoms with Crippen molar-refractivity contribution in [1.82, 2.24) is 9.62 Å². The number of nitrogens with zero attached hydrogens (tertiary/aromatic N) is 1. The molecule has 6 heteroatoms. The van der Waals surface area contributed by atoms with E-state index in [4.69, 9.17) is 4.74 Å². The van der Waals surface area contributed by atoms with Crippen LogP contribution < -0.4 is 10.1 Å². The zero-order valence-electron chi connectivity index (χ0n) is 15.1. The Hall–Kier alpha value is -1.11. The Morgan fingerprint density at radius 3 is 2.48 bits per heavy atom. The van der Waals surface area contributed by atoms with E-state index in [9.17, 15) is 8.42 Å². The lowest BCUT2D eigenvalue weighted by Crippen LogP contribution is -2.30. The molecule has 5 nitrogen and oxygen atoms in total. The molecule has 140 valence electrons. The van der Waals surface area contributed by atoms with Crippen molar-refractivity contribution in [3.63, 3.8) is 0 Å². The van der Waals surface area contributed by atoms with Gasteiger partial charge in [0.15, 0.2) is 0 Å². The molecule has 1 N–H and O–H groups in total. The van der Waals surface area contributed by atoms with Crippen LogP contribution in [0.2, 0.25) is 0 Å². The van der Waals surface area contributed by atoms with Crippen LogP contribution in [-0.4, -0.2) is 46.0 Å². The van der Waals surface area contributed by atoms with E-state index >= 15 is 0 Å². The summed E-state index contributed by atoms with van der Waals surface area (Å²) in [4.78, 5) is 0.364. The summed E-state index contributed by atoms with van der Waals surface area (Å²) >= 11 is 0. The highest BCUT2D eigenvalue weighted by molar-refractivity contribution is 7.89. The molecule has 0 radical (unpaired) electrons. The average Bonchev–Trinajstić information content (AvgIpc) is 3.11. The maximum absolute atomic E-state index is 12.8. The second kappa shape index (κ2) is 8.52. The summed E-state index contributed by atoms with van der Waals surface area (Å²) in [6.07, 6.45) is 7.35. The van der Waals surface area contributed by atoms with E-state index in [2.05, 4.69) is 5.32 Å². The molecule has 25 heavy (non-hydrogen) atoms. The van der Waals surface area contributed by atoms with Crippen LogP contribution in [0.25, 0.3) is 0 Å². The van der Waals surface area contributed by atoms with Gasteiger partial charge >= 0.3 is 0 Å². The highest BCUT2D eigenvalue weighted by Crippen LogP contribution is 2.27. The van der Waals surface area contributed by atoms with Crippen molar-refractivity contribution in [3.05, 3.63) is 24.3 Å². The number of sulfonamides is 1. The fourth-order valence-corrected chi connectivity index (χ4v) is 5.43. The lowest BCUT2D eigenvalue weighted by atomic mass is 9.90. The minimum absolute atomic E-state index is 0.364. The van der Waals surface area contributed by atoms with Crippen LogP contribution in [0.5, 0.6) is 5.75 Å². The number of ether oxygens (including phenoxy) is 1. The Labute approximate surface area is 151 Å². The fraction of sp³-hybridized carbons (Fsp3) is 0.684. The maximum Gasteiger partial charge on any atom is 0.243 e. The van der Waals surface area contributed by atoms with Crippen LogP contribution in [-0.2, 0) is 10.0 Å². The Morgan fingerprint density at radius 1 is 1.08 bits per heavy atom. The van der Waals surface area contributed by atoms with Crippen LogP contribution in [0, 0.1) is 11.8 Å². The molecule has 1 unspecified atom stereocenters. The normalized spacial score (nSPS) is 23.0. The molecule has 0 spiro atoms. The quantitative estimate of drug-likeness (QED) is 0.806. The van der Waals surface area contributed by atoms with Crippen molar-refractivity contribution >= 4 is 10.0 Å². The third-order valence-electron chi connectivity index (χ3n) is 5.41. The van der Waals surface area contributed by atoms with Gasteiger partial charge in [0.05, 0.1) is 11.5 Å². The van der Waals surface area contributed by atoms with Gasteiger partial charge in [-0.1, -0.05) is 19.3 Å². The highest BCUT2D eigenvalue weighted by Gasteiger charge is 2.32. The molecule has 1 aromatic rings. The summed E-state index contributed by atoms with van der Waals surface area (Å²) in [6, 6.07) is 6.93. The summed E-state index contributed by atoms with van der Waals surface area (Å²) in [5.74, 6) is 1.81. The van der Waals surface area contributed by atoms with Gasteiger partial charge in [0, 0.05) is 13.1 Å². The maximum atomic E-state index is 12.8. The van der Waals surface area contributed by atoms with Gasteiger partial charge in [-0.05, 0) is 69.0 Å². The van der Waals surface area contributed by atoms with Crippen molar-refractivity contribution in [1.29, 1.82) is 0 Å². The standard InChI is InChI=1S/C19H30N2O3S/c1-20-13-17-11-12-21(14-17)25(22,23)19-9-7-18(8-10-19)24-15-16-5-3-2-4-6-16/h7-10,16-17,20H,2-6,11-15H2,1H3. The zero-order chi connectivity index (χ0) is 17.7. The average molecular weight is 367 g/mol. The van der Waals surface area contributed by atoms with E-state index in [0.29, 0.717) is 29.8 Å². The number of rotatable bonds is 7. The lowest BCUT2D eigenvalue weighted by Gasteiger charge is -2.21. The molecule has 0 bridgehead atoms. The number of hydrogen-bond donors (Lipinski definition) is 1. The Morgan fingerprint density at radius 2 is 1.80 bits per heavy atom. The third kappa shape index (κ3) is 4.74. The molecule has 1 aromatic carbocycles. The molecule has 1 heterocycles.